The summed E-state index contributed by atoms with van der Waals surface area (Å²) < 4.78 is 43.5. The van der Waals surface area contributed by atoms with E-state index in [1.807, 2.05) is 0 Å². The summed E-state index contributed by atoms with van der Waals surface area (Å²) in [7, 11) is 1.34. The number of methoxy groups -OCH3 is 1. The van der Waals surface area contributed by atoms with Gasteiger partial charge in [-0.05, 0) is 18.2 Å². The molecule has 0 aliphatic rings. The second-order valence-corrected chi connectivity index (χ2v) is 3.42. The Labute approximate surface area is 100.0 Å². The van der Waals surface area contributed by atoms with Crippen LogP contribution in [0.25, 0.3) is 5.69 Å². The number of benzene rings is 1. The Morgan fingerprint density at radius 1 is 1.33 bits per heavy atom. The summed E-state index contributed by atoms with van der Waals surface area (Å²) >= 11 is 0. The van der Waals surface area contributed by atoms with Crippen molar-refractivity contribution >= 4 is 5.95 Å². The highest BCUT2D eigenvalue weighted by molar-refractivity contribution is 5.41. The zero-order valence-electron chi connectivity index (χ0n) is 9.27. The third-order valence-corrected chi connectivity index (χ3v) is 2.21. The Bertz CT molecular complexity index is 564. The van der Waals surface area contributed by atoms with Crippen LogP contribution in [0.5, 0.6) is 6.01 Å². The Morgan fingerprint density at radius 2 is 2.06 bits per heavy atom. The van der Waals surface area contributed by atoms with Gasteiger partial charge in [0.1, 0.15) is 0 Å². The molecule has 5 nitrogen and oxygen atoms in total. The molecule has 0 fully saturated rings. The Kier molecular flexibility index (Phi) is 2.85. The molecule has 18 heavy (non-hydrogen) atoms. The molecule has 0 spiro atoms. The molecule has 0 unspecified atom stereocenters. The third kappa shape index (κ3) is 2.22. The fourth-order valence-corrected chi connectivity index (χ4v) is 1.39. The van der Waals surface area contributed by atoms with Gasteiger partial charge in [0, 0.05) is 0 Å². The van der Waals surface area contributed by atoms with Crippen molar-refractivity contribution in [2.75, 3.05) is 12.8 Å². The summed E-state index contributed by atoms with van der Waals surface area (Å²) in [5.41, 5.74) is 4.92. The summed E-state index contributed by atoms with van der Waals surface area (Å²) in [6.07, 6.45) is -4.42. The molecule has 0 saturated carbocycles. The van der Waals surface area contributed by atoms with Crippen molar-refractivity contribution in [3.8, 4) is 11.7 Å². The van der Waals surface area contributed by atoms with Crippen LogP contribution in [0.3, 0.4) is 0 Å². The maximum atomic E-state index is 12.6. The molecule has 96 valence electrons. The van der Waals surface area contributed by atoms with Crippen LogP contribution in [-0.2, 0) is 6.18 Å². The highest BCUT2D eigenvalue weighted by Gasteiger charge is 2.30. The van der Waals surface area contributed by atoms with Crippen LogP contribution in [-0.4, -0.2) is 21.9 Å². The van der Waals surface area contributed by atoms with Gasteiger partial charge < -0.3 is 10.5 Å². The Balaban J connectivity index is 2.47. The van der Waals surface area contributed by atoms with Crippen molar-refractivity contribution < 1.29 is 17.9 Å². The van der Waals surface area contributed by atoms with E-state index in [9.17, 15) is 13.2 Å². The van der Waals surface area contributed by atoms with Crippen LogP contribution in [0.4, 0.5) is 19.1 Å². The Hall–Kier alpha value is -2.25. The molecular weight excluding hydrogens is 249 g/mol. The standard InChI is InChI=1S/C10H9F3N4O/c1-18-9-15-8(14)17(16-9)7-4-2-3-6(5-7)10(11,12)13/h2-5H,1H3,(H2,14,15,16). The maximum absolute atomic E-state index is 12.6. The van der Waals surface area contributed by atoms with E-state index in [-0.39, 0.29) is 17.6 Å². The molecule has 2 aromatic rings. The number of anilines is 1. The second kappa shape index (κ2) is 4.21. The number of hydrogen-bond donors (Lipinski definition) is 1. The van der Waals surface area contributed by atoms with Crippen LogP contribution in [0.15, 0.2) is 24.3 Å². The number of alkyl halides is 3. The molecule has 0 atom stereocenters. The molecule has 2 N–H and O–H groups in total. The van der Waals surface area contributed by atoms with Crippen LogP contribution in [0, 0.1) is 0 Å². The van der Waals surface area contributed by atoms with Gasteiger partial charge in [-0.1, -0.05) is 6.07 Å². The highest BCUT2D eigenvalue weighted by Crippen LogP contribution is 2.30. The average Bonchev–Trinajstić information content (AvgIpc) is 2.70. The average molecular weight is 258 g/mol. The van der Waals surface area contributed by atoms with E-state index in [4.69, 9.17) is 10.5 Å². The summed E-state index contributed by atoms with van der Waals surface area (Å²) in [5, 5.41) is 3.81. The molecule has 0 saturated heterocycles. The van der Waals surface area contributed by atoms with E-state index in [2.05, 4.69) is 10.1 Å². The van der Waals surface area contributed by atoms with E-state index in [1.165, 1.54) is 19.2 Å². The lowest BCUT2D eigenvalue weighted by Crippen LogP contribution is -2.08. The van der Waals surface area contributed by atoms with Crippen LogP contribution < -0.4 is 10.5 Å². The fourth-order valence-electron chi connectivity index (χ4n) is 1.39. The molecule has 0 bridgehead atoms. The first-order valence-corrected chi connectivity index (χ1v) is 4.86. The van der Waals surface area contributed by atoms with Crippen molar-refractivity contribution in [1.82, 2.24) is 14.8 Å². The molecule has 0 amide bonds. The van der Waals surface area contributed by atoms with Gasteiger partial charge in [0.05, 0.1) is 18.4 Å². The minimum atomic E-state index is -4.42. The molecule has 2 rings (SSSR count). The smallest absolute Gasteiger partial charge is 0.416 e. The van der Waals surface area contributed by atoms with E-state index >= 15 is 0 Å². The SMILES string of the molecule is COc1nc(N)n(-c2cccc(C(F)(F)F)c2)n1. The third-order valence-electron chi connectivity index (χ3n) is 2.21. The minimum Gasteiger partial charge on any atom is -0.466 e. The zero-order valence-corrected chi connectivity index (χ0v) is 9.27. The quantitative estimate of drug-likeness (QED) is 0.893. The summed E-state index contributed by atoms with van der Waals surface area (Å²) in [6.45, 7) is 0. The second-order valence-electron chi connectivity index (χ2n) is 3.42. The van der Waals surface area contributed by atoms with Gasteiger partial charge in [0.15, 0.2) is 0 Å². The first-order valence-electron chi connectivity index (χ1n) is 4.86. The van der Waals surface area contributed by atoms with E-state index in [1.54, 1.807) is 0 Å². The molecule has 8 heteroatoms. The monoisotopic (exact) mass is 258 g/mol. The molecule has 0 radical (unpaired) electrons. The van der Waals surface area contributed by atoms with Crippen molar-refractivity contribution in [3.05, 3.63) is 29.8 Å². The molecular formula is C10H9F3N4O. The topological polar surface area (TPSA) is 66.0 Å². The molecule has 1 aromatic carbocycles. The van der Waals surface area contributed by atoms with Gasteiger partial charge in [-0.2, -0.15) is 22.8 Å². The van der Waals surface area contributed by atoms with Crippen molar-refractivity contribution in [3.63, 3.8) is 0 Å². The molecule has 1 aromatic heterocycles. The first kappa shape index (κ1) is 12.2. The van der Waals surface area contributed by atoms with Gasteiger partial charge in [0.25, 0.3) is 0 Å². The number of rotatable bonds is 2. The molecule has 0 aliphatic carbocycles. The van der Waals surface area contributed by atoms with Crippen molar-refractivity contribution in [1.29, 1.82) is 0 Å². The number of ether oxygens (including phenoxy) is 1. The lowest BCUT2D eigenvalue weighted by Gasteiger charge is -2.08. The summed E-state index contributed by atoms with van der Waals surface area (Å²) in [6, 6.07) is 4.61. The predicted molar refractivity (Wildman–Crippen MR) is 57.3 cm³/mol. The van der Waals surface area contributed by atoms with Gasteiger partial charge in [-0.15, -0.1) is 5.10 Å². The summed E-state index contributed by atoms with van der Waals surface area (Å²) in [5.74, 6) is -0.0498. The largest absolute Gasteiger partial charge is 0.466 e. The van der Waals surface area contributed by atoms with Crippen molar-refractivity contribution in [2.24, 2.45) is 0 Å². The molecule has 1 heterocycles. The number of nitrogen functional groups attached to an aromatic ring is 1. The van der Waals surface area contributed by atoms with Gasteiger partial charge in [0.2, 0.25) is 5.95 Å². The van der Waals surface area contributed by atoms with Crippen molar-refractivity contribution in [2.45, 2.75) is 6.18 Å². The first-order chi connectivity index (χ1) is 8.41. The number of aromatic nitrogens is 3. The minimum absolute atomic E-state index is 0.00934. The van der Waals surface area contributed by atoms with Crippen LogP contribution in [0.2, 0.25) is 0 Å². The molecule has 0 aliphatic heterocycles. The van der Waals surface area contributed by atoms with Crippen LogP contribution >= 0.6 is 0 Å². The lowest BCUT2D eigenvalue weighted by atomic mass is 10.2. The van der Waals surface area contributed by atoms with Crippen LogP contribution in [0.1, 0.15) is 5.56 Å². The van der Waals surface area contributed by atoms with Gasteiger partial charge in [-0.25, -0.2) is 0 Å². The lowest BCUT2D eigenvalue weighted by molar-refractivity contribution is -0.137. The van der Waals surface area contributed by atoms with E-state index in [0.29, 0.717) is 0 Å². The fraction of sp³-hybridized carbons (Fsp3) is 0.200. The number of nitrogens with zero attached hydrogens (tertiary/aromatic N) is 3. The van der Waals surface area contributed by atoms with Gasteiger partial charge in [-0.3, -0.25) is 0 Å². The number of hydrogen-bond acceptors (Lipinski definition) is 4. The van der Waals surface area contributed by atoms with E-state index < -0.39 is 11.7 Å². The normalized spacial score (nSPS) is 11.6. The maximum Gasteiger partial charge on any atom is 0.416 e. The number of halogens is 3. The highest BCUT2D eigenvalue weighted by atomic mass is 19.4. The van der Waals surface area contributed by atoms with E-state index in [0.717, 1.165) is 16.8 Å². The summed E-state index contributed by atoms with van der Waals surface area (Å²) in [4.78, 5) is 3.72. The number of nitrogens with two attached hydrogens (primary N) is 1. The van der Waals surface area contributed by atoms with Gasteiger partial charge >= 0.3 is 12.2 Å². The Morgan fingerprint density at radius 3 is 2.61 bits per heavy atom. The zero-order chi connectivity index (χ0) is 13.3. The predicted octanol–water partition coefficient (Wildman–Crippen LogP) is 1.88.